The lowest BCUT2D eigenvalue weighted by molar-refractivity contribution is 0.536. The van der Waals surface area contributed by atoms with Crippen LogP contribution in [-0.4, -0.2) is 10.2 Å². The number of halogens is 1. The molecule has 1 aromatic heterocycles. The standard InChI is InChI=1S/C9H7IN2O/c1-6-4-2-3-5-7(6)8-11-12-9(10)13-8/h2-5H,1H3. The first-order valence-corrected chi connectivity index (χ1v) is 4.90. The Morgan fingerprint density at radius 3 is 2.62 bits per heavy atom. The van der Waals surface area contributed by atoms with Crippen LogP contribution in [0.2, 0.25) is 0 Å². The van der Waals surface area contributed by atoms with Crippen molar-refractivity contribution >= 4 is 22.6 Å². The summed E-state index contributed by atoms with van der Waals surface area (Å²) in [6, 6.07) is 7.94. The molecule has 0 unspecified atom stereocenters. The lowest BCUT2D eigenvalue weighted by Crippen LogP contribution is -1.81. The van der Waals surface area contributed by atoms with E-state index in [1.165, 1.54) is 0 Å². The number of nitrogens with zero attached hydrogens (tertiary/aromatic N) is 2. The van der Waals surface area contributed by atoms with E-state index < -0.39 is 0 Å². The molecule has 0 bridgehead atoms. The molecular weight excluding hydrogens is 279 g/mol. The molecular formula is C9H7IN2O. The van der Waals surface area contributed by atoms with Crippen molar-refractivity contribution in [1.82, 2.24) is 10.2 Å². The monoisotopic (exact) mass is 286 g/mol. The first-order valence-electron chi connectivity index (χ1n) is 3.82. The van der Waals surface area contributed by atoms with Crippen LogP contribution >= 0.6 is 22.6 Å². The van der Waals surface area contributed by atoms with Gasteiger partial charge < -0.3 is 4.42 Å². The molecule has 13 heavy (non-hydrogen) atoms. The van der Waals surface area contributed by atoms with E-state index in [2.05, 4.69) is 10.2 Å². The molecule has 2 rings (SSSR count). The zero-order chi connectivity index (χ0) is 9.26. The zero-order valence-electron chi connectivity index (χ0n) is 6.99. The van der Waals surface area contributed by atoms with Crippen molar-refractivity contribution in [1.29, 1.82) is 0 Å². The molecule has 0 fully saturated rings. The number of benzene rings is 1. The molecule has 0 aliphatic rings. The third-order valence-corrected chi connectivity index (χ3v) is 2.21. The first kappa shape index (κ1) is 8.68. The molecule has 0 saturated heterocycles. The molecule has 3 nitrogen and oxygen atoms in total. The van der Waals surface area contributed by atoms with Crippen molar-refractivity contribution in [2.24, 2.45) is 0 Å². The van der Waals surface area contributed by atoms with Crippen LogP contribution in [-0.2, 0) is 0 Å². The molecule has 0 spiro atoms. The fraction of sp³-hybridized carbons (Fsp3) is 0.111. The zero-order valence-corrected chi connectivity index (χ0v) is 9.15. The van der Waals surface area contributed by atoms with Gasteiger partial charge in [-0.3, -0.25) is 0 Å². The van der Waals surface area contributed by atoms with Gasteiger partial charge in [-0.05, 0) is 18.6 Å². The fourth-order valence-electron chi connectivity index (χ4n) is 1.13. The highest BCUT2D eigenvalue weighted by atomic mass is 127. The van der Waals surface area contributed by atoms with Crippen molar-refractivity contribution in [2.75, 3.05) is 0 Å². The molecule has 0 aliphatic heterocycles. The van der Waals surface area contributed by atoms with E-state index in [9.17, 15) is 0 Å². The number of rotatable bonds is 1. The van der Waals surface area contributed by atoms with Crippen LogP contribution in [0.5, 0.6) is 0 Å². The van der Waals surface area contributed by atoms with Gasteiger partial charge in [-0.2, -0.15) is 0 Å². The topological polar surface area (TPSA) is 38.9 Å². The summed E-state index contributed by atoms with van der Waals surface area (Å²) in [4.78, 5) is 0. The Kier molecular flexibility index (Phi) is 2.30. The van der Waals surface area contributed by atoms with Crippen LogP contribution < -0.4 is 0 Å². The maximum absolute atomic E-state index is 5.31. The average Bonchev–Trinajstić information content (AvgIpc) is 2.53. The number of hydrogen-bond donors (Lipinski definition) is 0. The minimum absolute atomic E-state index is 0.566. The highest BCUT2D eigenvalue weighted by Gasteiger charge is 2.07. The Labute approximate surface area is 89.3 Å². The van der Waals surface area contributed by atoms with E-state index in [-0.39, 0.29) is 0 Å². The molecule has 2 aromatic rings. The first-order chi connectivity index (χ1) is 6.27. The van der Waals surface area contributed by atoms with E-state index in [1.807, 2.05) is 53.8 Å². The quantitative estimate of drug-likeness (QED) is 0.756. The Balaban J connectivity index is 2.52. The van der Waals surface area contributed by atoms with Crippen LogP contribution in [0.1, 0.15) is 5.56 Å². The summed E-state index contributed by atoms with van der Waals surface area (Å²) in [7, 11) is 0. The van der Waals surface area contributed by atoms with Gasteiger partial charge in [0, 0.05) is 28.2 Å². The molecule has 66 valence electrons. The molecule has 0 amide bonds. The summed E-state index contributed by atoms with van der Waals surface area (Å²) >= 11 is 2.00. The van der Waals surface area contributed by atoms with Gasteiger partial charge in [0.1, 0.15) is 0 Å². The van der Waals surface area contributed by atoms with Gasteiger partial charge in [-0.15, -0.1) is 10.2 Å². The summed E-state index contributed by atoms with van der Waals surface area (Å²) in [5.41, 5.74) is 2.14. The molecule has 1 heterocycles. The second kappa shape index (κ2) is 3.45. The molecule has 0 radical (unpaired) electrons. The lowest BCUT2D eigenvalue weighted by atomic mass is 10.1. The van der Waals surface area contributed by atoms with Gasteiger partial charge in [0.25, 0.3) is 3.90 Å². The Morgan fingerprint density at radius 1 is 1.23 bits per heavy atom. The molecule has 0 N–H and O–H groups in total. The van der Waals surface area contributed by atoms with Crippen LogP contribution in [0.15, 0.2) is 28.7 Å². The number of aromatic nitrogens is 2. The third kappa shape index (κ3) is 1.72. The Morgan fingerprint density at radius 2 is 2.00 bits per heavy atom. The maximum atomic E-state index is 5.31. The fourth-order valence-corrected chi connectivity index (χ4v) is 1.44. The van der Waals surface area contributed by atoms with Gasteiger partial charge >= 0.3 is 0 Å². The average molecular weight is 286 g/mol. The smallest absolute Gasteiger partial charge is 0.278 e. The van der Waals surface area contributed by atoms with Crippen molar-refractivity contribution in [2.45, 2.75) is 6.92 Å². The third-order valence-electron chi connectivity index (χ3n) is 1.78. The minimum Gasteiger partial charge on any atom is -0.412 e. The molecule has 0 atom stereocenters. The van der Waals surface area contributed by atoms with Crippen LogP contribution in [0.3, 0.4) is 0 Å². The molecule has 4 heteroatoms. The van der Waals surface area contributed by atoms with Gasteiger partial charge in [-0.1, -0.05) is 18.2 Å². The van der Waals surface area contributed by atoms with Gasteiger partial charge in [-0.25, -0.2) is 0 Å². The molecule has 1 aromatic carbocycles. The van der Waals surface area contributed by atoms with Crippen LogP contribution in [0.4, 0.5) is 0 Å². The highest BCUT2D eigenvalue weighted by molar-refractivity contribution is 14.1. The SMILES string of the molecule is Cc1ccccc1-c1nnc(I)o1. The van der Waals surface area contributed by atoms with E-state index in [0.29, 0.717) is 9.79 Å². The largest absolute Gasteiger partial charge is 0.412 e. The predicted octanol–water partition coefficient (Wildman–Crippen LogP) is 2.65. The summed E-state index contributed by atoms with van der Waals surface area (Å²) < 4.78 is 5.88. The van der Waals surface area contributed by atoms with Gasteiger partial charge in [0.15, 0.2) is 0 Å². The Bertz CT molecular complexity index is 425. The highest BCUT2D eigenvalue weighted by Crippen LogP contribution is 2.21. The summed E-state index contributed by atoms with van der Waals surface area (Å²) in [5.74, 6) is 0.586. The lowest BCUT2D eigenvalue weighted by Gasteiger charge is -1.97. The summed E-state index contributed by atoms with van der Waals surface area (Å²) in [6.45, 7) is 2.02. The van der Waals surface area contributed by atoms with Crippen LogP contribution in [0, 0.1) is 10.8 Å². The van der Waals surface area contributed by atoms with Crippen molar-refractivity contribution in [3.05, 3.63) is 33.7 Å². The summed E-state index contributed by atoms with van der Waals surface area (Å²) in [5, 5.41) is 7.73. The second-order valence-electron chi connectivity index (χ2n) is 2.68. The van der Waals surface area contributed by atoms with Crippen LogP contribution in [0.25, 0.3) is 11.5 Å². The molecule has 0 aliphatic carbocycles. The molecule has 0 saturated carbocycles. The van der Waals surface area contributed by atoms with E-state index in [0.717, 1.165) is 11.1 Å². The number of aryl methyl sites for hydroxylation is 1. The van der Waals surface area contributed by atoms with Crippen molar-refractivity contribution < 1.29 is 4.42 Å². The predicted molar refractivity (Wildman–Crippen MR) is 57.2 cm³/mol. The Hall–Kier alpha value is -0.910. The summed E-state index contributed by atoms with van der Waals surface area (Å²) in [6.07, 6.45) is 0. The maximum Gasteiger partial charge on any atom is 0.278 e. The normalized spacial score (nSPS) is 10.3. The van der Waals surface area contributed by atoms with Gasteiger partial charge in [0.05, 0.1) is 0 Å². The number of hydrogen-bond acceptors (Lipinski definition) is 3. The van der Waals surface area contributed by atoms with Gasteiger partial charge in [0.2, 0.25) is 5.89 Å². The van der Waals surface area contributed by atoms with Crippen molar-refractivity contribution in [3.8, 4) is 11.5 Å². The van der Waals surface area contributed by atoms with Crippen molar-refractivity contribution in [3.63, 3.8) is 0 Å². The van der Waals surface area contributed by atoms with E-state index >= 15 is 0 Å². The minimum atomic E-state index is 0.566. The van der Waals surface area contributed by atoms with E-state index in [1.54, 1.807) is 0 Å². The second-order valence-corrected chi connectivity index (χ2v) is 3.60. The van der Waals surface area contributed by atoms with E-state index in [4.69, 9.17) is 4.42 Å².